The zero-order valence-electron chi connectivity index (χ0n) is 10.1. The highest BCUT2D eigenvalue weighted by atomic mass is 79.9. The van der Waals surface area contributed by atoms with Crippen molar-refractivity contribution in [2.24, 2.45) is 0 Å². The van der Waals surface area contributed by atoms with Crippen molar-refractivity contribution in [3.63, 3.8) is 0 Å². The van der Waals surface area contributed by atoms with Crippen LogP contribution in [0.3, 0.4) is 0 Å². The third-order valence-corrected chi connectivity index (χ3v) is 4.95. The molecule has 0 aliphatic rings. The lowest BCUT2D eigenvalue weighted by atomic mass is 10.0. The average Bonchev–Trinajstić information content (AvgIpc) is 2.91. The van der Waals surface area contributed by atoms with Crippen molar-refractivity contribution < 1.29 is 0 Å². The highest BCUT2D eigenvalue weighted by molar-refractivity contribution is 9.10. The molecule has 0 nitrogen and oxygen atoms in total. The zero-order valence-corrected chi connectivity index (χ0v) is 13.3. The van der Waals surface area contributed by atoms with Gasteiger partial charge in [-0.25, -0.2) is 0 Å². The monoisotopic (exact) mass is 350 g/mol. The summed E-state index contributed by atoms with van der Waals surface area (Å²) >= 11 is 11.8. The quantitative estimate of drug-likeness (QED) is 0.494. The number of thiophene rings is 1. The minimum absolute atomic E-state index is 0.0340. The maximum Gasteiger partial charge on any atom is 0.0633 e. The van der Waals surface area contributed by atoms with E-state index in [4.69, 9.17) is 11.6 Å². The zero-order chi connectivity index (χ0) is 13.2. The second-order valence-corrected chi connectivity index (χ2v) is 6.98. The summed E-state index contributed by atoms with van der Waals surface area (Å²) in [6.07, 6.45) is 0.890. The summed E-state index contributed by atoms with van der Waals surface area (Å²) in [5, 5.41) is 4.60. The van der Waals surface area contributed by atoms with Gasteiger partial charge in [-0.2, -0.15) is 0 Å². The number of rotatable bonds is 3. The van der Waals surface area contributed by atoms with E-state index in [0.717, 1.165) is 10.9 Å². The molecule has 1 atom stereocenters. The molecular formula is C16H12BrClS. The maximum absolute atomic E-state index is 6.53. The van der Waals surface area contributed by atoms with Gasteiger partial charge in [-0.05, 0) is 46.0 Å². The predicted octanol–water partition coefficient (Wildman–Crippen LogP) is 6.19. The van der Waals surface area contributed by atoms with Crippen molar-refractivity contribution >= 4 is 49.6 Å². The van der Waals surface area contributed by atoms with Crippen molar-refractivity contribution in [2.75, 3.05) is 0 Å². The summed E-state index contributed by atoms with van der Waals surface area (Å²) in [5.74, 6) is 0. The van der Waals surface area contributed by atoms with Gasteiger partial charge in [0.2, 0.25) is 0 Å². The molecular weight excluding hydrogens is 340 g/mol. The van der Waals surface area contributed by atoms with E-state index in [1.54, 1.807) is 11.3 Å². The van der Waals surface area contributed by atoms with Crippen LogP contribution in [0.4, 0.5) is 0 Å². The number of hydrogen-bond donors (Lipinski definition) is 0. The van der Waals surface area contributed by atoms with E-state index in [0.29, 0.717) is 0 Å². The number of hydrogen-bond acceptors (Lipinski definition) is 1. The van der Waals surface area contributed by atoms with Crippen LogP contribution in [0.15, 0.2) is 58.4 Å². The number of halogens is 2. The summed E-state index contributed by atoms with van der Waals surface area (Å²) in [4.78, 5) is 1.33. The van der Waals surface area contributed by atoms with Crippen LogP contribution in [-0.4, -0.2) is 0 Å². The minimum atomic E-state index is 0.0340. The van der Waals surface area contributed by atoms with E-state index in [1.807, 2.05) is 0 Å². The van der Waals surface area contributed by atoms with Crippen molar-refractivity contribution in [2.45, 2.75) is 11.8 Å². The second-order valence-electron chi connectivity index (χ2n) is 4.50. The third-order valence-electron chi connectivity index (χ3n) is 3.15. The molecule has 1 aromatic heterocycles. The van der Waals surface area contributed by atoms with Gasteiger partial charge in [-0.1, -0.05) is 40.2 Å². The molecule has 0 N–H and O–H groups in total. The topological polar surface area (TPSA) is 0 Å². The Morgan fingerprint density at radius 3 is 2.63 bits per heavy atom. The molecule has 0 amide bonds. The van der Waals surface area contributed by atoms with Gasteiger partial charge >= 0.3 is 0 Å². The smallest absolute Gasteiger partial charge is 0.0633 e. The SMILES string of the molecule is ClC(Cc1cccs1)c1ccc2cc(Br)ccc2c1. The fourth-order valence-electron chi connectivity index (χ4n) is 2.15. The summed E-state index contributed by atoms with van der Waals surface area (Å²) in [6, 6.07) is 17.0. The van der Waals surface area contributed by atoms with Crippen LogP contribution >= 0.6 is 38.9 Å². The molecule has 0 bridgehead atoms. The standard InChI is InChI=1S/C16H12BrClS/c17-14-6-5-11-8-13(4-3-12(11)9-14)16(18)10-15-2-1-7-19-15/h1-9,16H,10H2. The Balaban J connectivity index is 1.90. The fraction of sp³-hybridized carbons (Fsp3) is 0.125. The van der Waals surface area contributed by atoms with E-state index < -0.39 is 0 Å². The van der Waals surface area contributed by atoms with Gasteiger partial charge in [-0.3, -0.25) is 0 Å². The summed E-state index contributed by atoms with van der Waals surface area (Å²) < 4.78 is 1.11. The van der Waals surface area contributed by atoms with Crippen LogP contribution in [0.2, 0.25) is 0 Å². The molecule has 0 fully saturated rings. The first kappa shape index (κ1) is 13.2. The molecule has 1 unspecified atom stereocenters. The average molecular weight is 352 g/mol. The molecule has 3 rings (SSSR count). The Kier molecular flexibility index (Phi) is 3.92. The molecule has 0 aliphatic carbocycles. The predicted molar refractivity (Wildman–Crippen MR) is 88.3 cm³/mol. The lowest BCUT2D eigenvalue weighted by molar-refractivity contribution is 0.940. The normalized spacial score (nSPS) is 12.7. The van der Waals surface area contributed by atoms with E-state index in [1.165, 1.54) is 21.2 Å². The Bertz CT molecular complexity index is 691. The van der Waals surface area contributed by atoms with Gasteiger partial charge in [0.25, 0.3) is 0 Å². The molecule has 1 heterocycles. The first-order valence-electron chi connectivity index (χ1n) is 6.08. The number of benzene rings is 2. The van der Waals surface area contributed by atoms with Crippen LogP contribution in [0, 0.1) is 0 Å². The second kappa shape index (κ2) is 5.66. The molecule has 19 heavy (non-hydrogen) atoms. The third kappa shape index (κ3) is 3.02. The Morgan fingerprint density at radius 1 is 1.05 bits per heavy atom. The lowest BCUT2D eigenvalue weighted by Gasteiger charge is -2.10. The van der Waals surface area contributed by atoms with Gasteiger partial charge in [0, 0.05) is 15.8 Å². The van der Waals surface area contributed by atoms with Crippen LogP contribution in [0.25, 0.3) is 10.8 Å². The first-order chi connectivity index (χ1) is 9.22. The molecule has 3 aromatic rings. The van der Waals surface area contributed by atoms with E-state index >= 15 is 0 Å². The molecule has 0 aliphatic heterocycles. The van der Waals surface area contributed by atoms with Crippen LogP contribution in [0.1, 0.15) is 15.8 Å². The molecule has 0 radical (unpaired) electrons. The van der Waals surface area contributed by atoms with Gasteiger partial charge < -0.3 is 0 Å². The van der Waals surface area contributed by atoms with Crippen LogP contribution in [0.5, 0.6) is 0 Å². The largest absolute Gasteiger partial charge is 0.149 e. The molecule has 0 saturated carbocycles. The van der Waals surface area contributed by atoms with Crippen molar-refractivity contribution in [3.05, 3.63) is 68.8 Å². The number of fused-ring (bicyclic) bond motifs is 1. The molecule has 0 spiro atoms. The summed E-state index contributed by atoms with van der Waals surface area (Å²) in [6.45, 7) is 0. The Labute approximate surface area is 130 Å². The molecule has 96 valence electrons. The van der Waals surface area contributed by atoms with E-state index in [9.17, 15) is 0 Å². The minimum Gasteiger partial charge on any atom is -0.149 e. The molecule has 2 aromatic carbocycles. The van der Waals surface area contributed by atoms with Crippen molar-refractivity contribution in [1.82, 2.24) is 0 Å². The van der Waals surface area contributed by atoms with Gasteiger partial charge in [0.05, 0.1) is 5.38 Å². The lowest BCUT2D eigenvalue weighted by Crippen LogP contribution is -1.94. The van der Waals surface area contributed by atoms with Gasteiger partial charge in [-0.15, -0.1) is 22.9 Å². The fourth-order valence-corrected chi connectivity index (χ4v) is 3.68. The highest BCUT2D eigenvalue weighted by Gasteiger charge is 2.10. The highest BCUT2D eigenvalue weighted by Crippen LogP contribution is 2.30. The molecule has 3 heteroatoms. The van der Waals surface area contributed by atoms with Crippen LogP contribution in [-0.2, 0) is 6.42 Å². The Morgan fingerprint density at radius 2 is 1.84 bits per heavy atom. The van der Waals surface area contributed by atoms with Crippen molar-refractivity contribution in [1.29, 1.82) is 0 Å². The number of alkyl halides is 1. The summed E-state index contributed by atoms with van der Waals surface area (Å²) in [5.41, 5.74) is 1.19. The molecule has 0 saturated heterocycles. The van der Waals surface area contributed by atoms with Gasteiger partial charge in [0.15, 0.2) is 0 Å². The van der Waals surface area contributed by atoms with Gasteiger partial charge in [0.1, 0.15) is 0 Å². The van der Waals surface area contributed by atoms with Crippen molar-refractivity contribution in [3.8, 4) is 0 Å². The Hall–Kier alpha value is -0.830. The van der Waals surface area contributed by atoms with E-state index in [2.05, 4.69) is 69.8 Å². The summed E-state index contributed by atoms with van der Waals surface area (Å²) in [7, 11) is 0. The van der Waals surface area contributed by atoms with E-state index in [-0.39, 0.29) is 5.38 Å². The first-order valence-corrected chi connectivity index (χ1v) is 8.19. The van der Waals surface area contributed by atoms with Crippen LogP contribution < -0.4 is 0 Å². The maximum atomic E-state index is 6.53.